The summed E-state index contributed by atoms with van der Waals surface area (Å²) in [5, 5.41) is 11.3. The Morgan fingerprint density at radius 3 is 2.48 bits per heavy atom. The predicted molar refractivity (Wildman–Crippen MR) is 87.7 cm³/mol. The van der Waals surface area contributed by atoms with Crippen LogP contribution in [0.3, 0.4) is 0 Å². The molecule has 0 radical (unpaired) electrons. The number of hydrogen-bond donors (Lipinski definition) is 1. The van der Waals surface area contributed by atoms with Crippen LogP contribution < -0.4 is 4.74 Å². The number of aliphatic imine (C=N–C) groups is 1. The minimum Gasteiger partial charge on any atom is -0.504 e. The van der Waals surface area contributed by atoms with Gasteiger partial charge in [0.1, 0.15) is 11.4 Å². The van der Waals surface area contributed by atoms with Crippen molar-refractivity contribution in [2.45, 2.75) is 13.3 Å². The molecule has 6 heteroatoms. The fraction of sp³-hybridized carbons (Fsp3) is 0.133. The molecule has 0 spiro atoms. The molecule has 1 N–H and O–H groups in total. The first-order chi connectivity index (χ1) is 10.0. The lowest BCUT2D eigenvalue weighted by molar-refractivity contribution is 0.476. The number of ether oxygens (including phenoxy) is 1. The zero-order valence-corrected chi connectivity index (χ0v) is 13.4. The van der Waals surface area contributed by atoms with Crippen molar-refractivity contribution in [3.63, 3.8) is 0 Å². The number of rotatable bonds is 4. The van der Waals surface area contributed by atoms with Gasteiger partial charge in [-0.2, -0.15) is 0 Å². The first-order valence-electron chi connectivity index (χ1n) is 6.17. The highest BCUT2D eigenvalue weighted by Crippen LogP contribution is 2.40. The van der Waals surface area contributed by atoms with Crippen LogP contribution in [0.5, 0.6) is 11.5 Å². The second kappa shape index (κ2) is 7.03. The Morgan fingerprint density at radius 1 is 1.19 bits per heavy atom. The Labute approximate surface area is 137 Å². The molecule has 0 saturated carbocycles. The van der Waals surface area contributed by atoms with E-state index in [0.29, 0.717) is 27.8 Å². The highest BCUT2D eigenvalue weighted by Gasteiger charge is 2.13. The molecule has 0 atom stereocenters. The fourth-order valence-corrected chi connectivity index (χ4v) is 2.55. The van der Waals surface area contributed by atoms with Crippen LogP contribution in [-0.4, -0.2) is 11.5 Å². The largest absolute Gasteiger partial charge is 0.504 e. The Balaban J connectivity index is 2.19. The molecule has 0 unspecified atom stereocenters. The van der Waals surface area contributed by atoms with Gasteiger partial charge < -0.3 is 9.84 Å². The second-order valence-corrected chi connectivity index (χ2v) is 5.40. The summed E-state index contributed by atoms with van der Waals surface area (Å²) < 4.78 is 5.31. The number of benzene rings is 2. The summed E-state index contributed by atoms with van der Waals surface area (Å²) in [4.78, 5) is 4.02. The lowest BCUT2D eigenvalue weighted by Crippen LogP contribution is -1.90. The van der Waals surface area contributed by atoms with Crippen LogP contribution in [0.15, 0.2) is 35.3 Å². The summed E-state index contributed by atoms with van der Waals surface area (Å²) in [6, 6.07) is 8.35. The number of phenols is 1. The first kappa shape index (κ1) is 16.0. The maximum absolute atomic E-state index is 9.99. The Morgan fingerprint density at radius 2 is 1.86 bits per heavy atom. The molecule has 21 heavy (non-hydrogen) atoms. The van der Waals surface area contributed by atoms with Gasteiger partial charge in [0.15, 0.2) is 12.2 Å². The molecule has 0 fully saturated rings. The molecule has 2 aromatic rings. The van der Waals surface area contributed by atoms with Gasteiger partial charge in [-0.25, -0.2) is 4.99 Å². The van der Waals surface area contributed by atoms with E-state index in [9.17, 15) is 5.11 Å². The summed E-state index contributed by atoms with van der Waals surface area (Å²) in [6.45, 7) is 1.90. The van der Waals surface area contributed by atoms with Gasteiger partial charge in [0.05, 0.1) is 5.02 Å². The van der Waals surface area contributed by atoms with E-state index in [1.54, 1.807) is 30.3 Å². The van der Waals surface area contributed by atoms with Gasteiger partial charge in [-0.3, -0.25) is 0 Å². The van der Waals surface area contributed by atoms with Crippen LogP contribution in [0.25, 0.3) is 0 Å². The molecule has 0 saturated heterocycles. The normalized spacial score (nSPS) is 11.0. The van der Waals surface area contributed by atoms with Gasteiger partial charge in [-0.05, 0) is 42.3 Å². The SMILES string of the molecule is CCc1c(Cl)cc(/N=C/Oc2ccc(Cl)cc2)c(O)c1Cl. The first-order valence-corrected chi connectivity index (χ1v) is 7.31. The average Bonchev–Trinajstić information content (AvgIpc) is 2.47. The minimum atomic E-state index is -0.117. The zero-order chi connectivity index (χ0) is 15.4. The van der Waals surface area contributed by atoms with Gasteiger partial charge in [-0.15, -0.1) is 0 Å². The van der Waals surface area contributed by atoms with Gasteiger partial charge in [0, 0.05) is 10.0 Å². The molecular weight excluding hydrogens is 333 g/mol. The number of phenolic OH excluding ortho intramolecular Hbond substituents is 1. The molecule has 0 aliphatic carbocycles. The smallest absolute Gasteiger partial charge is 0.181 e. The van der Waals surface area contributed by atoms with Crippen molar-refractivity contribution < 1.29 is 9.84 Å². The summed E-state index contributed by atoms with van der Waals surface area (Å²) in [6.07, 6.45) is 1.83. The molecular formula is C15H12Cl3NO2. The molecule has 3 nitrogen and oxygen atoms in total. The third-order valence-corrected chi connectivity index (χ3v) is 3.81. The summed E-state index contributed by atoms with van der Waals surface area (Å²) >= 11 is 17.9. The third kappa shape index (κ3) is 3.82. The van der Waals surface area contributed by atoms with E-state index in [0.717, 1.165) is 0 Å². The van der Waals surface area contributed by atoms with Gasteiger partial charge in [-0.1, -0.05) is 41.7 Å². The standard InChI is InChI=1S/C15H12Cl3NO2/c1-2-11-12(17)7-13(15(20)14(11)18)19-8-21-10-5-3-9(16)4-6-10/h3-8,20H,2H2,1H3/b19-8+. The molecule has 0 amide bonds. The second-order valence-electron chi connectivity index (χ2n) is 4.18. The van der Waals surface area contributed by atoms with E-state index in [1.165, 1.54) is 6.40 Å². The van der Waals surface area contributed by atoms with Crippen molar-refractivity contribution in [2.24, 2.45) is 4.99 Å². The molecule has 2 aromatic carbocycles. The Kier molecular flexibility index (Phi) is 5.34. The summed E-state index contributed by atoms with van der Waals surface area (Å²) in [5.74, 6) is 0.457. The predicted octanol–water partition coefficient (Wildman–Crippen LogP) is 5.65. The maximum Gasteiger partial charge on any atom is 0.181 e. The topological polar surface area (TPSA) is 41.8 Å². The van der Waals surface area contributed by atoms with Crippen molar-refractivity contribution in [2.75, 3.05) is 0 Å². The van der Waals surface area contributed by atoms with Crippen LogP contribution in [0.1, 0.15) is 12.5 Å². The van der Waals surface area contributed by atoms with Crippen LogP contribution in [0, 0.1) is 0 Å². The molecule has 0 aliphatic heterocycles. The fourth-order valence-electron chi connectivity index (χ4n) is 1.72. The quantitative estimate of drug-likeness (QED) is 0.575. The summed E-state index contributed by atoms with van der Waals surface area (Å²) in [5.41, 5.74) is 0.935. The molecule has 0 aliphatic rings. The lowest BCUT2D eigenvalue weighted by Gasteiger charge is -2.08. The summed E-state index contributed by atoms with van der Waals surface area (Å²) in [7, 11) is 0. The van der Waals surface area contributed by atoms with E-state index in [2.05, 4.69) is 4.99 Å². The Hall–Kier alpha value is -1.42. The number of nitrogens with zero attached hydrogens (tertiary/aromatic N) is 1. The van der Waals surface area contributed by atoms with E-state index in [4.69, 9.17) is 39.5 Å². The van der Waals surface area contributed by atoms with Crippen molar-refractivity contribution in [3.05, 3.63) is 51.0 Å². The zero-order valence-electron chi connectivity index (χ0n) is 11.1. The minimum absolute atomic E-state index is 0.117. The number of halogens is 3. The molecule has 0 bridgehead atoms. The Bertz CT molecular complexity index is 670. The molecule has 0 heterocycles. The van der Waals surface area contributed by atoms with Gasteiger partial charge in [0.2, 0.25) is 0 Å². The third-order valence-electron chi connectivity index (χ3n) is 2.81. The van der Waals surface area contributed by atoms with E-state index in [-0.39, 0.29) is 16.5 Å². The molecule has 2 rings (SSSR count). The lowest BCUT2D eigenvalue weighted by atomic mass is 10.1. The van der Waals surface area contributed by atoms with E-state index < -0.39 is 0 Å². The van der Waals surface area contributed by atoms with Crippen molar-refractivity contribution in [1.82, 2.24) is 0 Å². The monoisotopic (exact) mass is 343 g/mol. The highest BCUT2D eigenvalue weighted by atomic mass is 35.5. The van der Waals surface area contributed by atoms with Crippen LogP contribution in [-0.2, 0) is 6.42 Å². The number of aromatic hydroxyl groups is 1. The van der Waals surface area contributed by atoms with Crippen molar-refractivity contribution >= 4 is 46.9 Å². The highest BCUT2D eigenvalue weighted by molar-refractivity contribution is 6.37. The number of hydrogen-bond acceptors (Lipinski definition) is 3. The van der Waals surface area contributed by atoms with E-state index in [1.807, 2.05) is 6.92 Å². The van der Waals surface area contributed by atoms with Gasteiger partial charge in [0.25, 0.3) is 0 Å². The van der Waals surface area contributed by atoms with Crippen LogP contribution in [0.4, 0.5) is 5.69 Å². The average molecular weight is 345 g/mol. The van der Waals surface area contributed by atoms with Crippen molar-refractivity contribution in [3.8, 4) is 11.5 Å². The maximum atomic E-state index is 9.99. The van der Waals surface area contributed by atoms with Crippen LogP contribution in [0.2, 0.25) is 15.1 Å². The molecule has 110 valence electrons. The van der Waals surface area contributed by atoms with Crippen molar-refractivity contribution in [1.29, 1.82) is 0 Å². The van der Waals surface area contributed by atoms with Gasteiger partial charge >= 0.3 is 0 Å². The van der Waals surface area contributed by atoms with Crippen LogP contribution >= 0.6 is 34.8 Å². The molecule has 0 aromatic heterocycles. The van der Waals surface area contributed by atoms with E-state index >= 15 is 0 Å².